The molecule has 3 nitrogen and oxygen atoms in total. The molecule has 1 aromatic carbocycles. The van der Waals surface area contributed by atoms with Gasteiger partial charge in [0, 0.05) is 6.54 Å². The number of nitrogens with one attached hydrogen (secondary N) is 1. The van der Waals surface area contributed by atoms with Crippen LogP contribution in [0.15, 0.2) is 24.3 Å². The number of benzene rings is 1. The fraction of sp³-hybridized carbons (Fsp3) is 0.308. The molecule has 82 valence electrons. The zero-order valence-electron chi connectivity index (χ0n) is 9.23. The van der Waals surface area contributed by atoms with Crippen molar-refractivity contribution in [3.8, 4) is 12.3 Å². The van der Waals surface area contributed by atoms with E-state index < -0.39 is 0 Å². The van der Waals surface area contributed by atoms with E-state index in [1.807, 2.05) is 31.2 Å². The third kappa shape index (κ3) is 1.74. The van der Waals surface area contributed by atoms with Crippen molar-refractivity contribution >= 4 is 17.3 Å². The number of anilines is 2. The topological polar surface area (TPSA) is 32.3 Å². The van der Waals surface area contributed by atoms with E-state index >= 15 is 0 Å². The monoisotopic (exact) mass is 214 g/mol. The number of carbonyl (C=O) groups excluding carboxylic acids is 1. The zero-order valence-corrected chi connectivity index (χ0v) is 9.23. The minimum Gasteiger partial charge on any atom is -0.383 e. The van der Waals surface area contributed by atoms with Crippen LogP contribution in [-0.4, -0.2) is 19.0 Å². The first kappa shape index (κ1) is 10.6. The molecule has 0 aliphatic carbocycles. The minimum atomic E-state index is -0.0549. The van der Waals surface area contributed by atoms with Gasteiger partial charge in [-0.05, 0) is 12.1 Å². The Morgan fingerprint density at radius 3 is 3.06 bits per heavy atom. The van der Waals surface area contributed by atoms with Gasteiger partial charge in [0.2, 0.25) is 5.91 Å². The summed E-state index contributed by atoms with van der Waals surface area (Å²) < 4.78 is 0. The van der Waals surface area contributed by atoms with Gasteiger partial charge in [-0.3, -0.25) is 9.69 Å². The predicted octanol–water partition coefficient (Wildman–Crippen LogP) is 1.71. The Bertz CT molecular complexity index is 447. The summed E-state index contributed by atoms with van der Waals surface area (Å²) in [5.74, 6) is 2.56. The first-order valence-electron chi connectivity index (χ1n) is 5.31. The third-order valence-corrected chi connectivity index (χ3v) is 2.73. The fourth-order valence-electron chi connectivity index (χ4n) is 1.85. The van der Waals surface area contributed by atoms with Gasteiger partial charge in [-0.2, -0.15) is 0 Å². The number of para-hydroxylation sites is 2. The maximum absolute atomic E-state index is 12.1. The number of hydrogen-bond acceptors (Lipinski definition) is 2. The Labute approximate surface area is 95.5 Å². The highest BCUT2D eigenvalue weighted by Crippen LogP contribution is 2.29. The molecule has 0 aromatic heterocycles. The molecule has 0 spiro atoms. The number of fused-ring (bicyclic) bond motifs is 1. The van der Waals surface area contributed by atoms with Gasteiger partial charge in [-0.15, -0.1) is 6.42 Å². The van der Waals surface area contributed by atoms with Crippen molar-refractivity contribution in [1.29, 1.82) is 0 Å². The van der Waals surface area contributed by atoms with E-state index in [9.17, 15) is 4.79 Å². The van der Waals surface area contributed by atoms with Gasteiger partial charge in [0.15, 0.2) is 0 Å². The van der Waals surface area contributed by atoms with Gasteiger partial charge in [-0.25, -0.2) is 0 Å². The first-order valence-corrected chi connectivity index (χ1v) is 5.31. The largest absolute Gasteiger partial charge is 0.383 e. The SMILES string of the molecule is C#CCN1C(=O)[C@@H](C)CNc2ccccc21. The molecule has 1 aliphatic heterocycles. The van der Waals surface area contributed by atoms with Crippen molar-refractivity contribution in [2.45, 2.75) is 6.92 Å². The lowest BCUT2D eigenvalue weighted by atomic mass is 10.1. The van der Waals surface area contributed by atoms with Crippen molar-refractivity contribution in [2.75, 3.05) is 23.3 Å². The molecule has 0 fully saturated rings. The maximum Gasteiger partial charge on any atom is 0.232 e. The minimum absolute atomic E-state index is 0.0549. The van der Waals surface area contributed by atoms with Crippen LogP contribution >= 0.6 is 0 Å². The summed E-state index contributed by atoms with van der Waals surface area (Å²) in [5.41, 5.74) is 1.84. The molecule has 3 heteroatoms. The quantitative estimate of drug-likeness (QED) is 0.722. The van der Waals surface area contributed by atoms with Crippen LogP contribution < -0.4 is 10.2 Å². The average Bonchev–Trinajstić information content (AvgIpc) is 2.42. The van der Waals surface area contributed by atoms with Crippen molar-refractivity contribution in [1.82, 2.24) is 0 Å². The van der Waals surface area contributed by atoms with E-state index in [4.69, 9.17) is 6.42 Å². The number of terminal acetylenes is 1. The van der Waals surface area contributed by atoms with E-state index in [2.05, 4.69) is 11.2 Å². The van der Waals surface area contributed by atoms with Crippen molar-refractivity contribution in [2.24, 2.45) is 5.92 Å². The average molecular weight is 214 g/mol. The highest BCUT2D eigenvalue weighted by Gasteiger charge is 2.26. The Morgan fingerprint density at radius 1 is 1.56 bits per heavy atom. The van der Waals surface area contributed by atoms with E-state index in [1.165, 1.54) is 0 Å². The number of amides is 1. The number of hydrogen-bond donors (Lipinski definition) is 1. The lowest BCUT2D eigenvalue weighted by molar-refractivity contribution is -0.121. The van der Waals surface area contributed by atoms with Crippen molar-refractivity contribution in [3.63, 3.8) is 0 Å². The van der Waals surface area contributed by atoms with Gasteiger partial charge < -0.3 is 5.32 Å². The van der Waals surface area contributed by atoms with Gasteiger partial charge in [0.05, 0.1) is 23.8 Å². The predicted molar refractivity (Wildman–Crippen MR) is 65.3 cm³/mol. The lowest BCUT2D eigenvalue weighted by Gasteiger charge is -2.21. The zero-order chi connectivity index (χ0) is 11.5. The number of nitrogens with zero attached hydrogens (tertiary/aromatic N) is 1. The highest BCUT2D eigenvalue weighted by molar-refractivity contribution is 5.99. The summed E-state index contributed by atoms with van der Waals surface area (Å²) >= 11 is 0. The molecule has 0 unspecified atom stereocenters. The highest BCUT2D eigenvalue weighted by atomic mass is 16.2. The molecule has 2 rings (SSSR count). The molecule has 0 radical (unpaired) electrons. The second-order valence-corrected chi connectivity index (χ2v) is 3.93. The summed E-state index contributed by atoms with van der Waals surface area (Å²) in [6.07, 6.45) is 5.31. The molecule has 1 atom stereocenters. The molecular weight excluding hydrogens is 200 g/mol. The van der Waals surface area contributed by atoms with Gasteiger partial charge in [0.1, 0.15) is 0 Å². The smallest absolute Gasteiger partial charge is 0.232 e. The van der Waals surface area contributed by atoms with Gasteiger partial charge >= 0.3 is 0 Å². The molecule has 1 aromatic rings. The first-order chi connectivity index (χ1) is 7.74. The Balaban J connectivity index is 2.45. The van der Waals surface area contributed by atoms with Crippen LogP contribution in [0.1, 0.15) is 6.92 Å². The Morgan fingerprint density at radius 2 is 2.31 bits per heavy atom. The lowest BCUT2D eigenvalue weighted by Crippen LogP contribution is -2.35. The summed E-state index contributed by atoms with van der Waals surface area (Å²) in [6.45, 7) is 2.88. The van der Waals surface area contributed by atoms with Crippen LogP contribution in [0.25, 0.3) is 0 Å². The molecule has 16 heavy (non-hydrogen) atoms. The molecule has 1 aliphatic rings. The van der Waals surface area contributed by atoms with E-state index in [-0.39, 0.29) is 11.8 Å². The normalized spacial score (nSPS) is 19.4. The molecule has 0 saturated carbocycles. The number of rotatable bonds is 1. The van der Waals surface area contributed by atoms with Crippen LogP contribution in [0.3, 0.4) is 0 Å². The molecular formula is C13H14N2O. The summed E-state index contributed by atoms with van der Waals surface area (Å²) in [5, 5.41) is 3.26. The Kier molecular flexibility index (Phi) is 2.82. The van der Waals surface area contributed by atoms with E-state index in [1.54, 1.807) is 4.90 Å². The second-order valence-electron chi connectivity index (χ2n) is 3.93. The molecule has 1 heterocycles. The second kappa shape index (κ2) is 4.28. The molecule has 0 bridgehead atoms. The third-order valence-electron chi connectivity index (χ3n) is 2.73. The van der Waals surface area contributed by atoms with E-state index in [0.29, 0.717) is 13.1 Å². The van der Waals surface area contributed by atoms with Crippen LogP contribution in [0.2, 0.25) is 0 Å². The molecule has 0 saturated heterocycles. The van der Waals surface area contributed by atoms with Crippen molar-refractivity contribution < 1.29 is 4.79 Å². The van der Waals surface area contributed by atoms with Crippen LogP contribution in [-0.2, 0) is 4.79 Å². The van der Waals surface area contributed by atoms with Crippen LogP contribution in [0, 0.1) is 18.3 Å². The number of carbonyl (C=O) groups is 1. The maximum atomic E-state index is 12.1. The van der Waals surface area contributed by atoms with Gasteiger partial charge in [-0.1, -0.05) is 25.0 Å². The van der Waals surface area contributed by atoms with Crippen LogP contribution in [0.4, 0.5) is 11.4 Å². The summed E-state index contributed by atoms with van der Waals surface area (Å²) in [7, 11) is 0. The molecule has 1 amide bonds. The summed E-state index contributed by atoms with van der Waals surface area (Å²) in [6, 6.07) is 7.73. The molecule has 1 N–H and O–H groups in total. The van der Waals surface area contributed by atoms with Gasteiger partial charge in [0.25, 0.3) is 0 Å². The fourth-order valence-corrected chi connectivity index (χ4v) is 1.85. The van der Waals surface area contributed by atoms with E-state index in [0.717, 1.165) is 11.4 Å². The summed E-state index contributed by atoms with van der Waals surface area (Å²) in [4.78, 5) is 13.8. The van der Waals surface area contributed by atoms with Crippen molar-refractivity contribution in [3.05, 3.63) is 24.3 Å². The standard InChI is InChI=1S/C13H14N2O/c1-3-8-15-12-7-5-4-6-11(12)14-9-10(2)13(15)16/h1,4-7,10,14H,8-9H2,2H3/t10-/m0/s1. The van der Waals surface area contributed by atoms with Crippen LogP contribution in [0.5, 0.6) is 0 Å². The Hall–Kier alpha value is -1.95.